The van der Waals surface area contributed by atoms with E-state index < -0.39 is 5.97 Å². The summed E-state index contributed by atoms with van der Waals surface area (Å²) in [5.74, 6) is -1.25. The molecule has 1 N–H and O–H groups in total. The molecule has 1 fully saturated rings. The van der Waals surface area contributed by atoms with Crippen LogP contribution in [0.5, 0.6) is 0 Å². The highest BCUT2D eigenvalue weighted by atomic mass is 35.5. The molecule has 1 aromatic heterocycles. The molecular formula is C21H23ClN2O3. The highest BCUT2D eigenvalue weighted by Gasteiger charge is 2.29. The number of carbonyl (C=O) groups is 2. The molecule has 27 heavy (non-hydrogen) atoms. The Morgan fingerprint density at radius 1 is 1.04 bits per heavy atom. The molecule has 0 radical (unpaired) electrons. The SMILES string of the molecule is Cc1nc(C)c(C(=O)N2CCCCCC2)c(-c2cccc(Cl)c2)c1C(=O)O. The number of likely N-dealkylation sites (tertiary alicyclic amines) is 1. The number of carbonyl (C=O) groups excluding carboxylic acids is 1. The Hall–Kier alpha value is -2.40. The van der Waals surface area contributed by atoms with Crippen molar-refractivity contribution in [3.05, 3.63) is 51.8 Å². The zero-order chi connectivity index (χ0) is 19.6. The van der Waals surface area contributed by atoms with Crippen LogP contribution in [0.3, 0.4) is 0 Å². The molecule has 0 aliphatic carbocycles. The molecule has 0 unspecified atom stereocenters. The van der Waals surface area contributed by atoms with Gasteiger partial charge in [0.2, 0.25) is 0 Å². The summed E-state index contributed by atoms with van der Waals surface area (Å²) in [5.41, 5.74) is 2.38. The zero-order valence-corrected chi connectivity index (χ0v) is 16.3. The van der Waals surface area contributed by atoms with Crippen molar-refractivity contribution in [2.75, 3.05) is 13.1 Å². The number of carboxylic acid groups (broad SMARTS) is 1. The lowest BCUT2D eigenvalue weighted by Gasteiger charge is -2.24. The Balaban J connectivity index is 2.24. The van der Waals surface area contributed by atoms with Crippen molar-refractivity contribution < 1.29 is 14.7 Å². The van der Waals surface area contributed by atoms with Crippen LogP contribution in [0.25, 0.3) is 11.1 Å². The summed E-state index contributed by atoms with van der Waals surface area (Å²) < 4.78 is 0. The van der Waals surface area contributed by atoms with E-state index in [9.17, 15) is 14.7 Å². The molecule has 2 aromatic rings. The molecule has 1 amide bonds. The number of nitrogens with zero attached hydrogens (tertiary/aromatic N) is 2. The van der Waals surface area contributed by atoms with Crippen molar-refractivity contribution in [2.24, 2.45) is 0 Å². The van der Waals surface area contributed by atoms with Gasteiger partial charge in [0.15, 0.2) is 0 Å². The van der Waals surface area contributed by atoms with Gasteiger partial charge in [-0.05, 0) is 44.4 Å². The van der Waals surface area contributed by atoms with E-state index in [1.54, 1.807) is 38.1 Å². The van der Waals surface area contributed by atoms with Crippen LogP contribution < -0.4 is 0 Å². The standard InChI is InChI=1S/C21H23ClN2O3/c1-13-17(20(25)24-10-5-3-4-6-11-24)19(15-8-7-9-16(22)12-15)18(21(26)27)14(2)23-13/h7-9,12H,3-6,10-11H2,1-2H3,(H,26,27). The van der Waals surface area contributed by atoms with Gasteiger partial charge in [0.05, 0.1) is 22.5 Å². The smallest absolute Gasteiger partial charge is 0.338 e. The quantitative estimate of drug-likeness (QED) is 0.827. The van der Waals surface area contributed by atoms with Crippen LogP contribution in [0.4, 0.5) is 0 Å². The van der Waals surface area contributed by atoms with Crippen LogP contribution in [0.15, 0.2) is 24.3 Å². The van der Waals surface area contributed by atoms with Gasteiger partial charge in [-0.2, -0.15) is 0 Å². The third kappa shape index (κ3) is 3.98. The summed E-state index contributed by atoms with van der Waals surface area (Å²) in [4.78, 5) is 31.6. The molecule has 0 bridgehead atoms. The topological polar surface area (TPSA) is 70.5 Å². The maximum atomic E-state index is 13.4. The summed E-state index contributed by atoms with van der Waals surface area (Å²) in [6, 6.07) is 6.96. The number of hydrogen-bond acceptors (Lipinski definition) is 3. The Bertz CT molecular complexity index is 887. The fourth-order valence-electron chi connectivity index (χ4n) is 3.74. The maximum Gasteiger partial charge on any atom is 0.338 e. The Kier molecular flexibility index (Phi) is 5.80. The summed E-state index contributed by atoms with van der Waals surface area (Å²) in [6.45, 7) is 4.79. The van der Waals surface area contributed by atoms with Crippen molar-refractivity contribution in [1.82, 2.24) is 9.88 Å². The number of benzene rings is 1. The first kappa shape index (κ1) is 19.4. The molecule has 2 heterocycles. The summed E-state index contributed by atoms with van der Waals surface area (Å²) >= 11 is 6.15. The van der Waals surface area contributed by atoms with Gasteiger partial charge in [0.25, 0.3) is 5.91 Å². The molecule has 142 valence electrons. The monoisotopic (exact) mass is 386 g/mol. The first-order valence-electron chi connectivity index (χ1n) is 9.20. The van der Waals surface area contributed by atoms with Crippen LogP contribution in [0.1, 0.15) is 57.8 Å². The van der Waals surface area contributed by atoms with E-state index in [1.165, 1.54) is 0 Å². The lowest BCUT2D eigenvalue weighted by atomic mass is 9.91. The zero-order valence-electron chi connectivity index (χ0n) is 15.6. The van der Waals surface area contributed by atoms with E-state index in [0.717, 1.165) is 25.7 Å². The van der Waals surface area contributed by atoms with E-state index in [1.807, 2.05) is 4.90 Å². The van der Waals surface area contributed by atoms with Gasteiger partial charge in [-0.1, -0.05) is 36.6 Å². The number of carboxylic acids is 1. The number of rotatable bonds is 3. The van der Waals surface area contributed by atoms with E-state index >= 15 is 0 Å². The average molecular weight is 387 g/mol. The summed E-state index contributed by atoms with van der Waals surface area (Å²) in [5, 5.41) is 10.3. The third-order valence-corrected chi connectivity index (χ3v) is 5.23. The minimum atomic E-state index is -1.10. The van der Waals surface area contributed by atoms with Crippen LogP contribution in [-0.4, -0.2) is 40.0 Å². The second-order valence-corrected chi connectivity index (χ2v) is 7.37. The van der Waals surface area contributed by atoms with Gasteiger partial charge in [0.1, 0.15) is 0 Å². The first-order chi connectivity index (χ1) is 12.9. The molecule has 0 atom stereocenters. The van der Waals surface area contributed by atoms with Crippen LogP contribution in [0, 0.1) is 13.8 Å². The molecule has 1 aromatic carbocycles. The second-order valence-electron chi connectivity index (χ2n) is 6.93. The molecule has 3 rings (SSSR count). The molecule has 1 saturated heterocycles. The third-order valence-electron chi connectivity index (χ3n) is 4.99. The molecule has 6 heteroatoms. The van der Waals surface area contributed by atoms with Gasteiger partial charge >= 0.3 is 5.97 Å². The van der Waals surface area contributed by atoms with Crippen molar-refractivity contribution in [3.8, 4) is 11.1 Å². The van der Waals surface area contributed by atoms with E-state index in [2.05, 4.69) is 4.98 Å². The first-order valence-corrected chi connectivity index (χ1v) is 9.57. The van der Waals surface area contributed by atoms with Crippen molar-refractivity contribution in [2.45, 2.75) is 39.5 Å². The number of halogens is 1. The minimum Gasteiger partial charge on any atom is -0.478 e. The molecule has 0 spiro atoms. The Morgan fingerprint density at radius 3 is 2.26 bits per heavy atom. The highest BCUT2D eigenvalue weighted by Crippen LogP contribution is 2.34. The molecule has 1 aliphatic rings. The predicted octanol–water partition coefficient (Wildman–Crippen LogP) is 4.73. The van der Waals surface area contributed by atoms with Crippen LogP contribution >= 0.6 is 11.6 Å². The molecule has 0 saturated carbocycles. The number of amides is 1. The number of hydrogen-bond donors (Lipinski definition) is 1. The van der Waals surface area contributed by atoms with E-state index in [-0.39, 0.29) is 11.5 Å². The summed E-state index contributed by atoms with van der Waals surface area (Å²) in [6.07, 6.45) is 4.14. The Labute approximate surface area is 164 Å². The summed E-state index contributed by atoms with van der Waals surface area (Å²) in [7, 11) is 0. The van der Waals surface area contributed by atoms with E-state index in [0.29, 0.717) is 46.2 Å². The lowest BCUT2D eigenvalue weighted by molar-refractivity contribution is 0.0696. The fraction of sp³-hybridized carbons (Fsp3) is 0.381. The normalized spacial score (nSPS) is 14.7. The van der Waals surface area contributed by atoms with Crippen molar-refractivity contribution in [3.63, 3.8) is 0 Å². The predicted molar refractivity (Wildman–Crippen MR) is 105 cm³/mol. The minimum absolute atomic E-state index is 0.0565. The van der Waals surface area contributed by atoms with Gasteiger partial charge in [0, 0.05) is 23.7 Å². The highest BCUT2D eigenvalue weighted by molar-refractivity contribution is 6.31. The molecule has 1 aliphatic heterocycles. The van der Waals surface area contributed by atoms with Crippen molar-refractivity contribution in [1.29, 1.82) is 0 Å². The number of aromatic carboxylic acids is 1. The fourth-order valence-corrected chi connectivity index (χ4v) is 3.93. The van der Waals surface area contributed by atoms with Crippen LogP contribution in [0.2, 0.25) is 5.02 Å². The molecular weight excluding hydrogens is 364 g/mol. The van der Waals surface area contributed by atoms with Crippen LogP contribution in [-0.2, 0) is 0 Å². The van der Waals surface area contributed by atoms with Gasteiger partial charge in [-0.3, -0.25) is 9.78 Å². The van der Waals surface area contributed by atoms with Gasteiger partial charge < -0.3 is 10.0 Å². The van der Waals surface area contributed by atoms with Gasteiger partial charge in [-0.25, -0.2) is 4.79 Å². The Morgan fingerprint density at radius 2 is 1.67 bits per heavy atom. The lowest BCUT2D eigenvalue weighted by Crippen LogP contribution is -2.33. The van der Waals surface area contributed by atoms with E-state index in [4.69, 9.17) is 11.6 Å². The number of aryl methyl sites for hydroxylation is 2. The number of pyridine rings is 1. The second kappa shape index (κ2) is 8.09. The molecule has 5 nitrogen and oxygen atoms in total. The average Bonchev–Trinajstić information content (AvgIpc) is 2.89. The maximum absolute atomic E-state index is 13.4. The van der Waals surface area contributed by atoms with Gasteiger partial charge in [-0.15, -0.1) is 0 Å². The van der Waals surface area contributed by atoms with Crippen molar-refractivity contribution >= 4 is 23.5 Å². The largest absolute Gasteiger partial charge is 0.478 e. The number of aromatic nitrogens is 1.